The molecular formula is C18H30IN3O2. The Morgan fingerprint density at radius 2 is 2.08 bits per heavy atom. The van der Waals surface area contributed by atoms with Gasteiger partial charge in [0.15, 0.2) is 5.96 Å². The lowest BCUT2D eigenvalue weighted by Gasteiger charge is -2.21. The van der Waals surface area contributed by atoms with Crippen LogP contribution >= 0.6 is 24.0 Å². The predicted octanol–water partition coefficient (Wildman–Crippen LogP) is 3.20. The molecule has 0 aromatic heterocycles. The fraction of sp³-hybridized carbons (Fsp3) is 0.611. The molecule has 2 rings (SSSR count). The van der Waals surface area contributed by atoms with Crippen LogP contribution in [0.5, 0.6) is 5.75 Å². The standard InChI is InChI=1S/C18H29N3O2.HI/c1-3-19-17(21-15-18(2)11-7-14-23-18)20-12-8-13-22-16-9-5-4-6-10-16;/h4-6,9-10H,3,7-8,11-15H2,1-2H3,(H2,19,20,21);1H. The van der Waals surface area contributed by atoms with Crippen molar-refractivity contribution in [3.63, 3.8) is 0 Å². The first kappa shape index (κ1) is 21.0. The Balaban J connectivity index is 0.00000288. The number of nitrogens with one attached hydrogen (secondary N) is 2. The van der Waals surface area contributed by atoms with Gasteiger partial charge < -0.3 is 20.1 Å². The van der Waals surface area contributed by atoms with Gasteiger partial charge in [-0.3, -0.25) is 4.99 Å². The van der Waals surface area contributed by atoms with Crippen molar-refractivity contribution in [1.29, 1.82) is 0 Å². The van der Waals surface area contributed by atoms with Crippen molar-refractivity contribution in [2.24, 2.45) is 4.99 Å². The summed E-state index contributed by atoms with van der Waals surface area (Å²) in [5.74, 6) is 1.77. The van der Waals surface area contributed by atoms with E-state index in [0.29, 0.717) is 13.2 Å². The van der Waals surface area contributed by atoms with E-state index in [4.69, 9.17) is 9.47 Å². The van der Waals surface area contributed by atoms with Crippen molar-refractivity contribution >= 4 is 29.9 Å². The highest BCUT2D eigenvalue weighted by Gasteiger charge is 2.29. The summed E-state index contributed by atoms with van der Waals surface area (Å²) in [6, 6.07) is 9.90. The minimum absolute atomic E-state index is 0. The van der Waals surface area contributed by atoms with E-state index < -0.39 is 0 Å². The van der Waals surface area contributed by atoms with E-state index in [-0.39, 0.29) is 29.6 Å². The summed E-state index contributed by atoms with van der Waals surface area (Å²) < 4.78 is 11.5. The van der Waals surface area contributed by atoms with Gasteiger partial charge in [-0.05, 0) is 45.2 Å². The molecule has 0 radical (unpaired) electrons. The fourth-order valence-corrected chi connectivity index (χ4v) is 2.54. The third-order valence-electron chi connectivity index (χ3n) is 3.84. The summed E-state index contributed by atoms with van der Waals surface area (Å²) >= 11 is 0. The van der Waals surface area contributed by atoms with Crippen LogP contribution in [0, 0.1) is 0 Å². The molecule has 1 atom stereocenters. The van der Waals surface area contributed by atoms with Crippen LogP contribution in [0.2, 0.25) is 0 Å². The number of para-hydroxylation sites is 1. The monoisotopic (exact) mass is 447 g/mol. The average molecular weight is 447 g/mol. The Labute approximate surface area is 162 Å². The van der Waals surface area contributed by atoms with E-state index in [1.807, 2.05) is 30.3 Å². The number of benzene rings is 1. The van der Waals surface area contributed by atoms with Crippen LogP contribution in [0.4, 0.5) is 0 Å². The zero-order valence-electron chi connectivity index (χ0n) is 14.7. The van der Waals surface area contributed by atoms with Gasteiger partial charge in [-0.25, -0.2) is 0 Å². The maximum absolute atomic E-state index is 5.78. The number of aliphatic imine (C=N–C) groups is 1. The largest absolute Gasteiger partial charge is 0.494 e. The maximum Gasteiger partial charge on any atom is 0.191 e. The fourth-order valence-electron chi connectivity index (χ4n) is 2.54. The Bertz CT molecular complexity index is 476. The van der Waals surface area contributed by atoms with E-state index in [9.17, 15) is 0 Å². The molecule has 1 heterocycles. The molecular weight excluding hydrogens is 417 g/mol. The van der Waals surface area contributed by atoms with Gasteiger partial charge in [0.1, 0.15) is 5.75 Å². The number of rotatable bonds is 8. The highest BCUT2D eigenvalue weighted by molar-refractivity contribution is 14.0. The van der Waals surface area contributed by atoms with E-state index in [2.05, 4.69) is 29.5 Å². The van der Waals surface area contributed by atoms with Crippen LogP contribution in [0.3, 0.4) is 0 Å². The summed E-state index contributed by atoms with van der Waals surface area (Å²) in [6.45, 7) is 8.14. The van der Waals surface area contributed by atoms with Gasteiger partial charge in [0, 0.05) is 19.7 Å². The first-order valence-electron chi connectivity index (χ1n) is 8.56. The molecule has 24 heavy (non-hydrogen) atoms. The van der Waals surface area contributed by atoms with Crippen molar-refractivity contribution in [3.8, 4) is 5.75 Å². The van der Waals surface area contributed by atoms with Gasteiger partial charge in [0.2, 0.25) is 0 Å². The Morgan fingerprint density at radius 3 is 2.75 bits per heavy atom. The second-order valence-electron chi connectivity index (χ2n) is 6.04. The molecule has 1 unspecified atom stereocenters. The van der Waals surface area contributed by atoms with Gasteiger partial charge >= 0.3 is 0 Å². The lowest BCUT2D eigenvalue weighted by molar-refractivity contribution is 0.0283. The second-order valence-corrected chi connectivity index (χ2v) is 6.04. The van der Waals surface area contributed by atoms with Crippen LogP contribution in [-0.2, 0) is 4.74 Å². The lowest BCUT2D eigenvalue weighted by atomic mass is 10.0. The topological polar surface area (TPSA) is 54.9 Å². The molecule has 1 aliphatic heterocycles. The van der Waals surface area contributed by atoms with E-state index in [1.165, 1.54) is 0 Å². The number of guanidine groups is 1. The van der Waals surface area contributed by atoms with Crippen LogP contribution in [0.15, 0.2) is 35.3 Å². The van der Waals surface area contributed by atoms with Crippen LogP contribution < -0.4 is 15.4 Å². The highest BCUT2D eigenvalue weighted by Crippen LogP contribution is 2.24. The first-order chi connectivity index (χ1) is 11.2. The zero-order valence-corrected chi connectivity index (χ0v) is 17.0. The molecule has 0 amide bonds. The number of ether oxygens (including phenoxy) is 2. The van der Waals surface area contributed by atoms with Gasteiger partial charge in [0.05, 0.1) is 18.8 Å². The van der Waals surface area contributed by atoms with Gasteiger partial charge in [-0.15, -0.1) is 24.0 Å². The van der Waals surface area contributed by atoms with E-state index >= 15 is 0 Å². The van der Waals surface area contributed by atoms with Crippen LogP contribution in [0.1, 0.15) is 33.1 Å². The average Bonchev–Trinajstić information content (AvgIpc) is 3.00. The third-order valence-corrected chi connectivity index (χ3v) is 3.84. The SMILES string of the molecule is CCNC(=NCC1(C)CCCO1)NCCCOc1ccccc1.I. The number of hydrogen-bond acceptors (Lipinski definition) is 3. The molecule has 0 bridgehead atoms. The molecule has 1 aliphatic rings. The molecule has 1 fully saturated rings. The zero-order chi connectivity index (χ0) is 16.4. The molecule has 6 heteroatoms. The lowest BCUT2D eigenvalue weighted by Crippen LogP contribution is -2.39. The Morgan fingerprint density at radius 1 is 1.29 bits per heavy atom. The van der Waals surface area contributed by atoms with Crippen molar-refractivity contribution in [2.45, 2.75) is 38.7 Å². The van der Waals surface area contributed by atoms with Crippen LogP contribution in [0.25, 0.3) is 0 Å². The minimum atomic E-state index is -0.0984. The molecule has 0 aliphatic carbocycles. The van der Waals surface area contributed by atoms with E-state index in [0.717, 1.165) is 50.7 Å². The minimum Gasteiger partial charge on any atom is -0.494 e. The second kappa shape index (κ2) is 11.5. The Hall–Kier alpha value is -1.02. The van der Waals surface area contributed by atoms with Crippen molar-refractivity contribution < 1.29 is 9.47 Å². The van der Waals surface area contributed by atoms with Gasteiger partial charge in [-0.1, -0.05) is 18.2 Å². The van der Waals surface area contributed by atoms with E-state index in [1.54, 1.807) is 0 Å². The maximum atomic E-state index is 5.78. The molecule has 2 N–H and O–H groups in total. The smallest absolute Gasteiger partial charge is 0.191 e. The summed E-state index contributed by atoms with van der Waals surface area (Å²) in [5.41, 5.74) is -0.0984. The number of nitrogens with zero attached hydrogens (tertiary/aromatic N) is 1. The predicted molar refractivity (Wildman–Crippen MR) is 110 cm³/mol. The summed E-state index contributed by atoms with van der Waals surface area (Å²) in [6.07, 6.45) is 3.14. The molecule has 0 spiro atoms. The number of halogens is 1. The first-order valence-corrected chi connectivity index (χ1v) is 8.56. The third kappa shape index (κ3) is 7.70. The van der Waals surface area contributed by atoms with Crippen molar-refractivity contribution in [1.82, 2.24) is 10.6 Å². The van der Waals surface area contributed by atoms with Gasteiger partial charge in [-0.2, -0.15) is 0 Å². The molecule has 0 saturated carbocycles. The van der Waals surface area contributed by atoms with Crippen molar-refractivity contribution in [3.05, 3.63) is 30.3 Å². The highest BCUT2D eigenvalue weighted by atomic mass is 127. The molecule has 1 aromatic carbocycles. The normalized spacial score (nSPS) is 20.3. The van der Waals surface area contributed by atoms with Gasteiger partial charge in [0.25, 0.3) is 0 Å². The Kier molecular flexibility index (Phi) is 10.1. The summed E-state index contributed by atoms with van der Waals surface area (Å²) in [5, 5.41) is 6.63. The molecule has 136 valence electrons. The summed E-state index contributed by atoms with van der Waals surface area (Å²) in [7, 11) is 0. The molecule has 1 saturated heterocycles. The quantitative estimate of drug-likeness (QED) is 0.278. The number of hydrogen-bond donors (Lipinski definition) is 2. The molecule has 5 nitrogen and oxygen atoms in total. The van der Waals surface area contributed by atoms with Crippen LogP contribution in [-0.4, -0.2) is 44.4 Å². The molecule has 1 aromatic rings. The summed E-state index contributed by atoms with van der Waals surface area (Å²) in [4.78, 5) is 4.65. The van der Waals surface area contributed by atoms with Crippen molar-refractivity contribution in [2.75, 3.05) is 32.8 Å².